The second-order valence-electron chi connectivity index (χ2n) is 8.41. The molecule has 2 aliphatic rings. The lowest BCUT2D eigenvalue weighted by atomic mass is 9.94. The van der Waals surface area contributed by atoms with Crippen LogP contribution < -0.4 is 5.32 Å². The first-order valence-corrected chi connectivity index (χ1v) is 11.9. The fourth-order valence-electron chi connectivity index (χ4n) is 4.74. The Morgan fingerprint density at radius 2 is 1.63 bits per heavy atom. The molecule has 1 N–H and O–H groups in total. The Morgan fingerprint density at radius 3 is 2.23 bits per heavy atom. The molecule has 0 saturated carbocycles. The topological polar surface area (TPSA) is 69.7 Å². The van der Waals surface area contributed by atoms with E-state index in [-0.39, 0.29) is 18.0 Å². The maximum Gasteiger partial charge on any atom is 0.243 e. The van der Waals surface area contributed by atoms with Gasteiger partial charge in [-0.15, -0.1) is 0 Å². The van der Waals surface area contributed by atoms with E-state index in [4.69, 9.17) is 0 Å². The van der Waals surface area contributed by atoms with Crippen molar-refractivity contribution < 1.29 is 13.2 Å². The van der Waals surface area contributed by atoms with Gasteiger partial charge < -0.3 is 4.90 Å². The van der Waals surface area contributed by atoms with Gasteiger partial charge in [-0.1, -0.05) is 48.0 Å². The highest BCUT2D eigenvalue weighted by molar-refractivity contribution is 7.89. The highest BCUT2D eigenvalue weighted by Crippen LogP contribution is 2.39. The quantitative estimate of drug-likeness (QED) is 0.814. The molecule has 0 aliphatic carbocycles. The van der Waals surface area contributed by atoms with Gasteiger partial charge in [-0.2, -0.15) is 4.31 Å². The summed E-state index contributed by atoms with van der Waals surface area (Å²) in [4.78, 5) is 15.3. The first-order chi connectivity index (χ1) is 14.2. The van der Waals surface area contributed by atoms with Crippen molar-refractivity contribution in [3.63, 3.8) is 0 Å². The van der Waals surface area contributed by atoms with E-state index in [0.717, 1.165) is 11.1 Å². The third-order valence-corrected chi connectivity index (χ3v) is 8.34. The van der Waals surface area contributed by atoms with E-state index in [2.05, 4.69) is 5.32 Å². The Balaban J connectivity index is 1.57. The number of carbonyl (C=O) groups excluding carboxylic acids is 1. The molecule has 2 saturated heterocycles. The molecule has 30 heavy (non-hydrogen) atoms. The molecule has 7 heteroatoms. The van der Waals surface area contributed by atoms with Gasteiger partial charge in [0, 0.05) is 13.1 Å². The van der Waals surface area contributed by atoms with Crippen molar-refractivity contribution in [1.82, 2.24) is 14.5 Å². The summed E-state index contributed by atoms with van der Waals surface area (Å²) >= 11 is 0. The molecular weight excluding hydrogens is 398 g/mol. The van der Waals surface area contributed by atoms with Gasteiger partial charge in [-0.3, -0.25) is 10.1 Å². The van der Waals surface area contributed by atoms with Crippen molar-refractivity contribution in [3.8, 4) is 0 Å². The van der Waals surface area contributed by atoms with Crippen LogP contribution >= 0.6 is 0 Å². The van der Waals surface area contributed by atoms with Gasteiger partial charge in [-0.25, -0.2) is 8.42 Å². The van der Waals surface area contributed by atoms with E-state index in [0.29, 0.717) is 30.8 Å². The summed E-state index contributed by atoms with van der Waals surface area (Å²) in [5.41, 5.74) is 1.58. The zero-order valence-electron chi connectivity index (χ0n) is 17.7. The average Bonchev–Trinajstić information content (AvgIpc) is 2.98. The van der Waals surface area contributed by atoms with Crippen molar-refractivity contribution in [2.24, 2.45) is 0 Å². The van der Waals surface area contributed by atoms with Gasteiger partial charge in [0.05, 0.1) is 22.6 Å². The minimum atomic E-state index is -3.54. The molecule has 0 radical (unpaired) electrons. The van der Waals surface area contributed by atoms with Crippen LogP contribution in [0.25, 0.3) is 0 Å². The Hall–Kier alpha value is -2.22. The van der Waals surface area contributed by atoms with Gasteiger partial charge >= 0.3 is 0 Å². The second kappa shape index (κ2) is 7.80. The van der Waals surface area contributed by atoms with Gasteiger partial charge in [0.25, 0.3) is 0 Å². The van der Waals surface area contributed by atoms with E-state index in [1.54, 1.807) is 16.4 Å². The Bertz CT molecular complexity index is 1010. The van der Waals surface area contributed by atoms with Crippen LogP contribution in [0.15, 0.2) is 59.5 Å². The summed E-state index contributed by atoms with van der Waals surface area (Å²) in [7, 11) is -3.54. The molecule has 0 bridgehead atoms. The van der Waals surface area contributed by atoms with Crippen molar-refractivity contribution in [3.05, 3.63) is 65.7 Å². The first-order valence-electron chi connectivity index (χ1n) is 10.5. The molecule has 4 rings (SSSR count). The number of sulfonamides is 1. The van der Waals surface area contributed by atoms with Crippen LogP contribution in [0.4, 0.5) is 0 Å². The lowest BCUT2D eigenvalue weighted by Gasteiger charge is -2.46. The predicted molar refractivity (Wildman–Crippen MR) is 116 cm³/mol. The highest BCUT2D eigenvalue weighted by Gasteiger charge is 2.52. The number of nitrogens with one attached hydrogen (secondary N) is 1. The maximum absolute atomic E-state index is 13.1. The molecule has 160 valence electrons. The van der Waals surface area contributed by atoms with E-state index < -0.39 is 15.7 Å². The number of amides is 1. The lowest BCUT2D eigenvalue weighted by Crippen LogP contribution is -2.59. The molecule has 6 nitrogen and oxygen atoms in total. The summed E-state index contributed by atoms with van der Waals surface area (Å²) in [6.45, 7) is 6.62. The molecule has 1 amide bonds. The van der Waals surface area contributed by atoms with Gasteiger partial charge in [0.2, 0.25) is 15.9 Å². The summed E-state index contributed by atoms with van der Waals surface area (Å²) in [5.74, 6) is 0.0706. The summed E-state index contributed by atoms with van der Waals surface area (Å²) in [5, 5.41) is 3.49. The number of aryl methyl sites for hydroxylation is 1. The number of nitrogens with zero attached hydrogens (tertiary/aromatic N) is 2. The van der Waals surface area contributed by atoms with E-state index in [1.807, 2.05) is 68.1 Å². The number of hydrogen-bond donors (Lipinski definition) is 1. The second-order valence-corrected chi connectivity index (χ2v) is 10.3. The number of hydrogen-bond acceptors (Lipinski definition) is 4. The summed E-state index contributed by atoms with van der Waals surface area (Å²) < 4.78 is 27.7. The van der Waals surface area contributed by atoms with Crippen molar-refractivity contribution in [1.29, 1.82) is 0 Å². The van der Waals surface area contributed by atoms with Crippen LogP contribution in [0.5, 0.6) is 0 Å². The Labute approximate surface area is 178 Å². The molecule has 2 atom stereocenters. The fraction of sp³-hybridized carbons (Fsp3) is 0.435. The van der Waals surface area contributed by atoms with Crippen LogP contribution in [0.1, 0.15) is 43.9 Å². The summed E-state index contributed by atoms with van der Waals surface area (Å²) in [6.07, 6.45) is 1.12. The maximum atomic E-state index is 13.1. The van der Waals surface area contributed by atoms with E-state index in [1.165, 1.54) is 0 Å². The third-order valence-electron chi connectivity index (χ3n) is 6.43. The van der Waals surface area contributed by atoms with Crippen LogP contribution in [0.3, 0.4) is 0 Å². The Morgan fingerprint density at radius 1 is 1.03 bits per heavy atom. The molecule has 0 aromatic heterocycles. The molecule has 2 fully saturated rings. The molecule has 2 aromatic carbocycles. The van der Waals surface area contributed by atoms with Crippen LogP contribution in [-0.4, -0.2) is 48.3 Å². The zero-order valence-corrected chi connectivity index (χ0v) is 18.5. The number of benzene rings is 2. The average molecular weight is 428 g/mol. The standard InChI is InChI=1S/C23H29N3O3S/c1-17-9-11-21(12-10-17)30(28,29)25-15-13-23(14-16-25)24-18(2)22(27)26(23)19(3)20-7-5-4-6-8-20/h4-12,18-19,24H,13-16H2,1-3H3/t18-,19-/m0/s1. The lowest BCUT2D eigenvalue weighted by molar-refractivity contribution is -0.136. The van der Waals surface area contributed by atoms with Crippen molar-refractivity contribution >= 4 is 15.9 Å². The highest BCUT2D eigenvalue weighted by atomic mass is 32.2. The van der Waals surface area contributed by atoms with Crippen LogP contribution in [0, 0.1) is 6.92 Å². The molecule has 2 heterocycles. The predicted octanol–water partition coefficient (Wildman–Crippen LogP) is 3.06. The van der Waals surface area contributed by atoms with Gasteiger partial charge in [0.1, 0.15) is 0 Å². The smallest absolute Gasteiger partial charge is 0.243 e. The monoisotopic (exact) mass is 427 g/mol. The van der Waals surface area contributed by atoms with Crippen molar-refractivity contribution in [2.75, 3.05) is 13.1 Å². The number of rotatable bonds is 4. The molecular formula is C23H29N3O3S. The van der Waals surface area contributed by atoms with Crippen molar-refractivity contribution in [2.45, 2.75) is 56.3 Å². The number of piperidine rings is 1. The minimum Gasteiger partial charge on any atom is -0.316 e. The normalized spacial score (nSPS) is 23.1. The Kier molecular flexibility index (Phi) is 5.46. The molecule has 0 unspecified atom stereocenters. The zero-order chi connectivity index (χ0) is 21.5. The van der Waals surface area contributed by atoms with Crippen LogP contribution in [0.2, 0.25) is 0 Å². The number of carbonyl (C=O) groups is 1. The molecule has 2 aromatic rings. The molecule has 2 aliphatic heterocycles. The first kappa shape index (κ1) is 21.0. The van der Waals surface area contributed by atoms with Gasteiger partial charge in [0.15, 0.2) is 0 Å². The summed E-state index contributed by atoms with van der Waals surface area (Å²) in [6, 6.07) is 16.6. The van der Waals surface area contributed by atoms with E-state index >= 15 is 0 Å². The molecule has 1 spiro atoms. The van der Waals surface area contributed by atoms with Crippen LogP contribution in [-0.2, 0) is 14.8 Å². The van der Waals surface area contributed by atoms with E-state index in [9.17, 15) is 13.2 Å². The van der Waals surface area contributed by atoms with Gasteiger partial charge in [-0.05, 0) is 51.3 Å². The fourth-order valence-corrected chi connectivity index (χ4v) is 6.18. The minimum absolute atomic E-state index is 0.0706. The largest absolute Gasteiger partial charge is 0.316 e. The third kappa shape index (κ3) is 3.55. The SMILES string of the molecule is Cc1ccc(S(=O)(=O)N2CCC3(CC2)N[C@@H](C)C(=O)N3[C@@H](C)c2ccccc2)cc1.